The molecule has 2 aromatic carbocycles. The molecular formula is C20H26N2O2. The van der Waals surface area contributed by atoms with Gasteiger partial charge >= 0.3 is 0 Å². The fourth-order valence-corrected chi connectivity index (χ4v) is 2.67. The predicted molar refractivity (Wildman–Crippen MR) is 97.8 cm³/mol. The van der Waals surface area contributed by atoms with Crippen molar-refractivity contribution in [1.82, 2.24) is 4.90 Å². The minimum Gasteiger partial charge on any atom is -0.385 e. The molecule has 0 bridgehead atoms. The lowest BCUT2D eigenvalue weighted by Gasteiger charge is -2.23. The third-order valence-electron chi connectivity index (χ3n) is 3.98. The first-order valence-corrected chi connectivity index (χ1v) is 8.10. The fourth-order valence-electron chi connectivity index (χ4n) is 2.67. The zero-order chi connectivity index (χ0) is 17.7. The summed E-state index contributed by atoms with van der Waals surface area (Å²) in [5.41, 5.74) is 2.47. The van der Waals surface area contributed by atoms with Crippen molar-refractivity contribution >= 4 is 11.6 Å². The Balaban J connectivity index is 2.09. The first-order valence-electron chi connectivity index (χ1n) is 8.10. The standard InChI is InChI=1S/C20H26N2O2/c1-15-10-11-16(14-22(3)4)12-18(15)21-19(23)13-20(2,24)17-8-6-5-7-9-17/h5-12,24H,13-14H2,1-4H3,(H,21,23). The summed E-state index contributed by atoms with van der Waals surface area (Å²) in [4.78, 5) is 14.5. The van der Waals surface area contributed by atoms with E-state index in [1.54, 1.807) is 6.92 Å². The van der Waals surface area contributed by atoms with E-state index in [1.165, 1.54) is 0 Å². The van der Waals surface area contributed by atoms with E-state index in [1.807, 2.05) is 63.5 Å². The molecule has 0 saturated heterocycles. The van der Waals surface area contributed by atoms with Crippen molar-refractivity contribution in [2.75, 3.05) is 19.4 Å². The van der Waals surface area contributed by atoms with E-state index in [2.05, 4.69) is 16.3 Å². The van der Waals surface area contributed by atoms with Crippen molar-refractivity contribution in [2.45, 2.75) is 32.4 Å². The molecule has 4 heteroatoms. The lowest BCUT2D eigenvalue weighted by atomic mass is 9.92. The van der Waals surface area contributed by atoms with Gasteiger partial charge in [-0.2, -0.15) is 0 Å². The number of amides is 1. The van der Waals surface area contributed by atoms with Crippen molar-refractivity contribution in [3.05, 3.63) is 65.2 Å². The van der Waals surface area contributed by atoms with Gasteiger partial charge < -0.3 is 15.3 Å². The highest BCUT2D eigenvalue weighted by Crippen LogP contribution is 2.25. The van der Waals surface area contributed by atoms with Crippen LogP contribution in [0.25, 0.3) is 0 Å². The average Bonchev–Trinajstić information content (AvgIpc) is 2.50. The second-order valence-electron chi connectivity index (χ2n) is 6.75. The van der Waals surface area contributed by atoms with Crippen LogP contribution >= 0.6 is 0 Å². The highest BCUT2D eigenvalue weighted by atomic mass is 16.3. The number of anilines is 1. The maximum atomic E-state index is 12.4. The Morgan fingerprint density at radius 2 is 1.83 bits per heavy atom. The number of aliphatic hydroxyl groups is 1. The number of hydrogen-bond donors (Lipinski definition) is 2. The van der Waals surface area contributed by atoms with E-state index in [-0.39, 0.29) is 12.3 Å². The lowest BCUT2D eigenvalue weighted by Crippen LogP contribution is -2.28. The second-order valence-corrected chi connectivity index (χ2v) is 6.75. The van der Waals surface area contributed by atoms with Crippen LogP contribution in [0.15, 0.2) is 48.5 Å². The van der Waals surface area contributed by atoms with Gasteiger partial charge in [0, 0.05) is 12.2 Å². The van der Waals surface area contributed by atoms with Gasteiger partial charge in [-0.1, -0.05) is 42.5 Å². The maximum Gasteiger partial charge on any atom is 0.227 e. The third kappa shape index (κ3) is 4.91. The zero-order valence-corrected chi connectivity index (χ0v) is 14.8. The van der Waals surface area contributed by atoms with Gasteiger partial charge in [0.2, 0.25) is 5.91 Å². The van der Waals surface area contributed by atoms with Crippen LogP contribution in [0, 0.1) is 6.92 Å². The molecule has 1 atom stereocenters. The molecule has 0 radical (unpaired) electrons. The normalized spacial score (nSPS) is 13.6. The van der Waals surface area contributed by atoms with Crippen LogP contribution in [0.1, 0.15) is 30.0 Å². The van der Waals surface area contributed by atoms with Gasteiger partial charge in [-0.15, -0.1) is 0 Å². The summed E-state index contributed by atoms with van der Waals surface area (Å²) < 4.78 is 0. The van der Waals surface area contributed by atoms with E-state index in [4.69, 9.17) is 0 Å². The van der Waals surface area contributed by atoms with Gasteiger partial charge in [0.1, 0.15) is 0 Å². The predicted octanol–water partition coefficient (Wildman–Crippen LogP) is 3.29. The van der Waals surface area contributed by atoms with Crippen LogP contribution in [-0.4, -0.2) is 30.0 Å². The summed E-state index contributed by atoms with van der Waals surface area (Å²) in [5.74, 6) is -0.200. The van der Waals surface area contributed by atoms with E-state index in [0.717, 1.165) is 28.9 Å². The number of nitrogens with one attached hydrogen (secondary N) is 1. The number of carbonyl (C=O) groups excluding carboxylic acids is 1. The van der Waals surface area contributed by atoms with Gasteiger partial charge in [0.05, 0.1) is 12.0 Å². The molecule has 2 aromatic rings. The van der Waals surface area contributed by atoms with Crippen LogP contribution in [0.5, 0.6) is 0 Å². The van der Waals surface area contributed by atoms with Crippen molar-refractivity contribution in [3.8, 4) is 0 Å². The Morgan fingerprint density at radius 1 is 1.17 bits per heavy atom. The first-order chi connectivity index (χ1) is 11.3. The Hall–Kier alpha value is -2.17. The van der Waals surface area contributed by atoms with Crippen molar-refractivity contribution < 1.29 is 9.90 Å². The Bertz CT molecular complexity index is 694. The molecule has 0 aromatic heterocycles. The molecule has 0 aliphatic heterocycles. The minimum absolute atomic E-state index is 0.00830. The summed E-state index contributed by atoms with van der Waals surface area (Å²) in [7, 11) is 4.02. The van der Waals surface area contributed by atoms with Crippen LogP contribution in [0.4, 0.5) is 5.69 Å². The molecule has 128 valence electrons. The molecule has 0 aliphatic rings. The highest BCUT2D eigenvalue weighted by Gasteiger charge is 2.26. The first kappa shape index (κ1) is 18.2. The zero-order valence-electron chi connectivity index (χ0n) is 14.8. The van der Waals surface area contributed by atoms with Gasteiger partial charge in [-0.25, -0.2) is 0 Å². The summed E-state index contributed by atoms with van der Waals surface area (Å²) in [6, 6.07) is 15.3. The summed E-state index contributed by atoms with van der Waals surface area (Å²) in [5, 5.41) is 13.5. The fraction of sp³-hybridized carbons (Fsp3) is 0.350. The number of nitrogens with zero attached hydrogens (tertiary/aromatic N) is 1. The molecule has 2 N–H and O–H groups in total. The number of aryl methyl sites for hydroxylation is 1. The number of hydrogen-bond acceptors (Lipinski definition) is 3. The minimum atomic E-state index is -1.19. The van der Waals surface area contributed by atoms with Crippen molar-refractivity contribution in [1.29, 1.82) is 0 Å². The Labute approximate surface area is 144 Å². The van der Waals surface area contributed by atoms with Crippen LogP contribution in [0.2, 0.25) is 0 Å². The molecule has 0 fully saturated rings. The van der Waals surface area contributed by atoms with Gasteiger partial charge in [0.15, 0.2) is 0 Å². The van der Waals surface area contributed by atoms with Crippen LogP contribution in [0.3, 0.4) is 0 Å². The van der Waals surface area contributed by atoms with E-state index < -0.39 is 5.60 Å². The lowest BCUT2D eigenvalue weighted by molar-refractivity contribution is -0.120. The molecular weight excluding hydrogens is 300 g/mol. The molecule has 0 saturated carbocycles. The molecule has 1 amide bonds. The summed E-state index contributed by atoms with van der Waals surface area (Å²) >= 11 is 0. The topological polar surface area (TPSA) is 52.6 Å². The summed E-state index contributed by atoms with van der Waals surface area (Å²) in [6.07, 6.45) is 0.00830. The largest absolute Gasteiger partial charge is 0.385 e. The van der Waals surface area contributed by atoms with E-state index in [9.17, 15) is 9.90 Å². The van der Waals surface area contributed by atoms with Crippen molar-refractivity contribution in [2.24, 2.45) is 0 Å². The highest BCUT2D eigenvalue weighted by molar-refractivity contribution is 5.92. The van der Waals surface area contributed by atoms with Gasteiger partial charge in [-0.3, -0.25) is 4.79 Å². The second kappa shape index (κ2) is 7.60. The molecule has 0 spiro atoms. The summed E-state index contributed by atoms with van der Waals surface area (Å²) in [6.45, 7) is 4.44. The van der Waals surface area contributed by atoms with Crippen LogP contribution in [-0.2, 0) is 16.9 Å². The maximum absolute atomic E-state index is 12.4. The molecule has 2 rings (SSSR count). The van der Waals surface area contributed by atoms with Gasteiger partial charge in [-0.05, 0) is 50.7 Å². The van der Waals surface area contributed by atoms with Gasteiger partial charge in [0.25, 0.3) is 0 Å². The average molecular weight is 326 g/mol. The monoisotopic (exact) mass is 326 g/mol. The number of carbonyl (C=O) groups is 1. The van der Waals surface area contributed by atoms with Crippen molar-refractivity contribution in [3.63, 3.8) is 0 Å². The molecule has 4 nitrogen and oxygen atoms in total. The van der Waals surface area contributed by atoms with E-state index >= 15 is 0 Å². The Morgan fingerprint density at radius 3 is 2.46 bits per heavy atom. The van der Waals surface area contributed by atoms with Crippen LogP contribution < -0.4 is 5.32 Å². The quantitative estimate of drug-likeness (QED) is 0.856. The number of rotatable bonds is 6. The number of benzene rings is 2. The SMILES string of the molecule is Cc1ccc(CN(C)C)cc1NC(=O)CC(C)(O)c1ccccc1. The molecule has 0 aliphatic carbocycles. The Kier molecular flexibility index (Phi) is 5.75. The molecule has 1 unspecified atom stereocenters. The smallest absolute Gasteiger partial charge is 0.227 e. The third-order valence-corrected chi connectivity index (χ3v) is 3.98. The molecule has 24 heavy (non-hydrogen) atoms. The van der Waals surface area contributed by atoms with E-state index in [0.29, 0.717) is 0 Å². The molecule has 0 heterocycles.